The quantitative estimate of drug-likeness (QED) is 0.638. The highest BCUT2D eigenvalue weighted by Crippen LogP contribution is 2.46. The summed E-state index contributed by atoms with van der Waals surface area (Å²) in [7, 11) is 0. The van der Waals surface area contributed by atoms with Crippen molar-refractivity contribution >= 4 is 43.8 Å². The Morgan fingerprint density at radius 2 is 1.97 bits per heavy atom. The number of ether oxygens (including phenoxy) is 1. The van der Waals surface area contributed by atoms with E-state index in [0.717, 1.165) is 66.4 Å². The van der Waals surface area contributed by atoms with E-state index < -0.39 is 0 Å². The summed E-state index contributed by atoms with van der Waals surface area (Å²) < 4.78 is 6.68. The number of hydrogen-bond acceptors (Lipinski definition) is 6. The number of carbonyl (C=O) groups is 1. The van der Waals surface area contributed by atoms with Crippen molar-refractivity contribution < 1.29 is 9.53 Å². The molecule has 5 nitrogen and oxygen atoms in total. The van der Waals surface area contributed by atoms with Crippen molar-refractivity contribution in [1.29, 1.82) is 0 Å². The van der Waals surface area contributed by atoms with Gasteiger partial charge in [0.15, 0.2) is 0 Å². The van der Waals surface area contributed by atoms with E-state index in [1.165, 1.54) is 15.1 Å². The fourth-order valence-electron chi connectivity index (χ4n) is 4.38. The number of anilines is 1. The van der Waals surface area contributed by atoms with Crippen LogP contribution in [0.2, 0.25) is 0 Å². The molecule has 3 heterocycles. The van der Waals surface area contributed by atoms with Crippen LogP contribution < -0.4 is 10.6 Å². The molecule has 2 aromatic heterocycles. The molecule has 1 saturated heterocycles. The molecule has 3 aromatic rings. The summed E-state index contributed by atoms with van der Waals surface area (Å²) in [6, 6.07) is 9.30. The number of carbonyl (C=O) groups excluding carboxylic acids is 1. The lowest BCUT2D eigenvalue weighted by atomic mass is 9.91. The number of nitrogens with zero attached hydrogens (tertiary/aromatic N) is 1. The number of hydrogen-bond donors (Lipinski definition) is 2. The Labute approximate surface area is 178 Å². The Morgan fingerprint density at radius 1 is 1.14 bits per heavy atom. The number of para-hydroxylation sites is 1. The molecule has 1 aliphatic heterocycles. The van der Waals surface area contributed by atoms with Gasteiger partial charge in [-0.3, -0.25) is 4.79 Å². The van der Waals surface area contributed by atoms with Gasteiger partial charge in [0.25, 0.3) is 0 Å². The van der Waals surface area contributed by atoms with Gasteiger partial charge in [-0.1, -0.05) is 12.1 Å². The smallest absolute Gasteiger partial charge is 0.221 e. The van der Waals surface area contributed by atoms with Crippen LogP contribution in [0.4, 0.5) is 5.00 Å². The summed E-state index contributed by atoms with van der Waals surface area (Å²) in [5.41, 5.74) is 3.55. The second-order valence-electron chi connectivity index (χ2n) is 7.87. The van der Waals surface area contributed by atoms with Crippen molar-refractivity contribution in [2.24, 2.45) is 0 Å². The number of aromatic nitrogens is 1. The second kappa shape index (κ2) is 8.14. The van der Waals surface area contributed by atoms with Crippen molar-refractivity contribution in [3.8, 4) is 10.6 Å². The Balaban J connectivity index is 1.46. The SMILES string of the molecule is CC(=O)Nc1sc2c(c1-c1nc3ccccc3s1)CCC(NC1CCOCC1)C2. The van der Waals surface area contributed by atoms with Crippen molar-refractivity contribution in [2.45, 2.75) is 51.1 Å². The third kappa shape index (κ3) is 3.97. The van der Waals surface area contributed by atoms with Gasteiger partial charge in [-0.25, -0.2) is 4.98 Å². The maximum absolute atomic E-state index is 11.9. The van der Waals surface area contributed by atoms with E-state index in [9.17, 15) is 4.79 Å². The molecule has 1 aromatic carbocycles. The monoisotopic (exact) mass is 427 g/mol. The number of fused-ring (bicyclic) bond motifs is 2. The van der Waals surface area contributed by atoms with Gasteiger partial charge < -0.3 is 15.4 Å². The highest BCUT2D eigenvalue weighted by molar-refractivity contribution is 7.22. The average molecular weight is 428 g/mol. The van der Waals surface area contributed by atoms with Gasteiger partial charge >= 0.3 is 0 Å². The van der Waals surface area contributed by atoms with Gasteiger partial charge in [-0.2, -0.15) is 0 Å². The minimum Gasteiger partial charge on any atom is -0.381 e. The minimum atomic E-state index is -0.0251. The molecule has 0 bridgehead atoms. The largest absolute Gasteiger partial charge is 0.381 e. The van der Waals surface area contributed by atoms with Gasteiger partial charge in [0.2, 0.25) is 5.91 Å². The fraction of sp³-hybridized carbons (Fsp3) is 0.455. The Kier molecular flexibility index (Phi) is 5.39. The fourth-order valence-corrected chi connectivity index (χ4v) is 6.86. The van der Waals surface area contributed by atoms with E-state index in [0.29, 0.717) is 12.1 Å². The first-order chi connectivity index (χ1) is 14.2. The topological polar surface area (TPSA) is 63.2 Å². The van der Waals surface area contributed by atoms with Gasteiger partial charge in [0.1, 0.15) is 10.0 Å². The molecule has 0 spiro atoms. The number of thiophene rings is 1. The molecule has 2 aliphatic rings. The van der Waals surface area contributed by atoms with Crippen LogP contribution in [0.1, 0.15) is 36.6 Å². The number of nitrogens with one attached hydrogen (secondary N) is 2. The van der Waals surface area contributed by atoms with E-state index in [-0.39, 0.29) is 5.91 Å². The molecule has 1 amide bonds. The molecule has 7 heteroatoms. The Bertz CT molecular complexity index is 1000. The molecule has 0 saturated carbocycles. The van der Waals surface area contributed by atoms with Crippen LogP contribution in [0, 0.1) is 0 Å². The maximum Gasteiger partial charge on any atom is 0.221 e. The molecule has 152 valence electrons. The lowest BCUT2D eigenvalue weighted by Gasteiger charge is -2.30. The van der Waals surface area contributed by atoms with E-state index in [1.54, 1.807) is 29.6 Å². The molecule has 29 heavy (non-hydrogen) atoms. The van der Waals surface area contributed by atoms with Gasteiger partial charge in [-0.05, 0) is 49.8 Å². The molecule has 1 atom stereocenters. The summed E-state index contributed by atoms with van der Waals surface area (Å²) in [6.07, 6.45) is 5.37. The number of rotatable bonds is 4. The Morgan fingerprint density at radius 3 is 2.76 bits per heavy atom. The third-order valence-corrected chi connectivity index (χ3v) is 7.98. The van der Waals surface area contributed by atoms with E-state index in [4.69, 9.17) is 9.72 Å². The zero-order valence-electron chi connectivity index (χ0n) is 16.5. The standard InChI is InChI=1S/C22H25N3O2S2/c1-13(26)23-21-20(22-25-17-4-2-3-5-18(17)28-22)16-7-6-15(12-19(16)29-21)24-14-8-10-27-11-9-14/h2-5,14-15,24H,6-12H2,1H3,(H,23,26). The van der Waals surface area contributed by atoms with Crippen molar-refractivity contribution in [3.05, 3.63) is 34.7 Å². The zero-order chi connectivity index (χ0) is 19.8. The predicted octanol–water partition coefficient (Wildman–Crippen LogP) is 4.61. The lowest BCUT2D eigenvalue weighted by molar-refractivity contribution is -0.114. The molecular formula is C22H25N3O2S2. The van der Waals surface area contributed by atoms with Crippen LogP contribution >= 0.6 is 22.7 Å². The molecular weight excluding hydrogens is 402 g/mol. The first kappa shape index (κ1) is 19.2. The maximum atomic E-state index is 11.9. The minimum absolute atomic E-state index is 0.0251. The molecule has 1 unspecified atom stereocenters. The second-order valence-corrected chi connectivity index (χ2v) is 10.0. The van der Waals surface area contributed by atoms with Crippen molar-refractivity contribution in [1.82, 2.24) is 10.3 Å². The summed E-state index contributed by atoms with van der Waals surface area (Å²) in [4.78, 5) is 18.1. The number of amides is 1. The van der Waals surface area contributed by atoms with E-state index in [1.807, 2.05) is 6.07 Å². The van der Waals surface area contributed by atoms with Crippen LogP contribution in [-0.2, 0) is 22.4 Å². The molecule has 2 N–H and O–H groups in total. The molecule has 0 radical (unpaired) electrons. The Hall–Kier alpha value is -1.80. The number of benzene rings is 1. The predicted molar refractivity (Wildman–Crippen MR) is 120 cm³/mol. The lowest BCUT2D eigenvalue weighted by Crippen LogP contribution is -2.43. The van der Waals surface area contributed by atoms with Crippen molar-refractivity contribution in [2.75, 3.05) is 18.5 Å². The summed E-state index contributed by atoms with van der Waals surface area (Å²) in [5, 5.41) is 8.90. The van der Waals surface area contributed by atoms with Gasteiger partial charge in [-0.15, -0.1) is 22.7 Å². The van der Waals surface area contributed by atoms with Crippen LogP contribution in [0.5, 0.6) is 0 Å². The molecule has 1 aliphatic carbocycles. The summed E-state index contributed by atoms with van der Waals surface area (Å²) in [5.74, 6) is -0.0251. The first-order valence-corrected chi connectivity index (χ1v) is 11.9. The van der Waals surface area contributed by atoms with Crippen LogP contribution in [0.3, 0.4) is 0 Å². The van der Waals surface area contributed by atoms with E-state index in [2.05, 4.69) is 28.8 Å². The van der Waals surface area contributed by atoms with Crippen LogP contribution in [0.25, 0.3) is 20.8 Å². The van der Waals surface area contributed by atoms with Crippen molar-refractivity contribution in [3.63, 3.8) is 0 Å². The third-order valence-electron chi connectivity index (χ3n) is 5.76. The first-order valence-electron chi connectivity index (χ1n) is 10.3. The van der Waals surface area contributed by atoms with Crippen LogP contribution in [-0.4, -0.2) is 36.2 Å². The average Bonchev–Trinajstić information content (AvgIpc) is 3.28. The van der Waals surface area contributed by atoms with Gasteiger partial charge in [0.05, 0.1) is 10.2 Å². The normalized spacial score (nSPS) is 20.0. The van der Waals surface area contributed by atoms with Crippen LogP contribution in [0.15, 0.2) is 24.3 Å². The molecule has 1 fully saturated rings. The summed E-state index contributed by atoms with van der Waals surface area (Å²) >= 11 is 3.44. The van der Waals surface area contributed by atoms with Gasteiger partial charge in [0, 0.05) is 42.7 Å². The molecule has 5 rings (SSSR count). The van der Waals surface area contributed by atoms with E-state index >= 15 is 0 Å². The highest BCUT2D eigenvalue weighted by Gasteiger charge is 2.29. The zero-order valence-corrected chi connectivity index (χ0v) is 18.1. The summed E-state index contributed by atoms with van der Waals surface area (Å²) in [6.45, 7) is 3.31. The number of thiazole rings is 1. The highest BCUT2D eigenvalue weighted by atomic mass is 32.1.